The summed E-state index contributed by atoms with van der Waals surface area (Å²) in [5.74, 6) is 0.523. The number of nitrogen functional groups attached to an aromatic ring is 1. The molecule has 17 heavy (non-hydrogen) atoms. The van der Waals surface area contributed by atoms with Crippen molar-refractivity contribution in [3.05, 3.63) is 23.2 Å². The van der Waals surface area contributed by atoms with E-state index in [4.69, 9.17) is 17.3 Å². The number of fused-ring (bicyclic) bond motifs is 1. The number of imidazole rings is 1. The van der Waals surface area contributed by atoms with E-state index in [-0.39, 0.29) is 4.75 Å². The molecule has 0 radical (unpaired) electrons. The van der Waals surface area contributed by atoms with Gasteiger partial charge in [0, 0.05) is 11.3 Å². The molecule has 0 saturated carbocycles. The minimum absolute atomic E-state index is 0.115. The Bertz CT molecular complexity index is 548. The number of hydrogen-bond acceptors (Lipinski definition) is 3. The molecule has 1 heterocycles. The highest BCUT2D eigenvalue weighted by Crippen LogP contribution is 2.29. The molecular weight excluding hydrogens is 254 g/mol. The maximum absolute atomic E-state index is 6.11. The first-order valence-corrected chi connectivity index (χ1v) is 7.00. The summed E-state index contributed by atoms with van der Waals surface area (Å²) in [6.45, 7) is 5.19. The minimum Gasteiger partial charge on any atom is -0.369 e. The number of halogens is 1. The van der Waals surface area contributed by atoms with Crippen LogP contribution in [0.15, 0.2) is 18.2 Å². The highest BCUT2D eigenvalue weighted by molar-refractivity contribution is 7.99. The Morgan fingerprint density at radius 3 is 2.82 bits per heavy atom. The highest BCUT2D eigenvalue weighted by atomic mass is 35.5. The zero-order valence-corrected chi connectivity index (χ0v) is 11.8. The van der Waals surface area contributed by atoms with Crippen molar-refractivity contribution in [3.63, 3.8) is 0 Å². The van der Waals surface area contributed by atoms with E-state index in [2.05, 4.69) is 25.1 Å². The molecule has 1 aromatic carbocycles. The lowest BCUT2D eigenvalue weighted by atomic mass is 10.2. The molecule has 0 unspecified atom stereocenters. The molecule has 0 aliphatic rings. The maximum Gasteiger partial charge on any atom is 0.201 e. The first-order valence-electron chi connectivity index (χ1n) is 5.40. The van der Waals surface area contributed by atoms with Crippen LogP contribution in [0.4, 0.5) is 5.95 Å². The number of nitrogens with zero attached hydrogens (tertiary/aromatic N) is 2. The Morgan fingerprint density at radius 1 is 1.47 bits per heavy atom. The van der Waals surface area contributed by atoms with Crippen molar-refractivity contribution in [3.8, 4) is 0 Å². The standard InChI is InChI=1S/C12H16ClN3S/c1-12(2,17-3)7-16-9-6-4-5-8(13)10(9)15-11(16)14/h4-6H,7H2,1-3H3,(H2,14,15). The topological polar surface area (TPSA) is 43.8 Å². The quantitative estimate of drug-likeness (QED) is 0.929. The van der Waals surface area contributed by atoms with Crippen molar-refractivity contribution in [2.75, 3.05) is 12.0 Å². The van der Waals surface area contributed by atoms with Crippen LogP contribution in [-0.4, -0.2) is 20.6 Å². The van der Waals surface area contributed by atoms with E-state index < -0.39 is 0 Å². The van der Waals surface area contributed by atoms with Crippen molar-refractivity contribution in [1.29, 1.82) is 0 Å². The van der Waals surface area contributed by atoms with Crippen molar-refractivity contribution < 1.29 is 0 Å². The van der Waals surface area contributed by atoms with Gasteiger partial charge in [-0.05, 0) is 32.2 Å². The number of para-hydroxylation sites is 1. The Balaban J connectivity index is 2.54. The van der Waals surface area contributed by atoms with Gasteiger partial charge in [-0.2, -0.15) is 11.8 Å². The van der Waals surface area contributed by atoms with Gasteiger partial charge in [0.1, 0.15) is 5.52 Å². The lowest BCUT2D eigenvalue weighted by Crippen LogP contribution is -2.23. The van der Waals surface area contributed by atoms with Gasteiger partial charge in [-0.3, -0.25) is 0 Å². The van der Waals surface area contributed by atoms with E-state index in [1.807, 2.05) is 34.5 Å². The van der Waals surface area contributed by atoms with Gasteiger partial charge in [-0.25, -0.2) is 4.98 Å². The highest BCUT2D eigenvalue weighted by Gasteiger charge is 2.20. The molecule has 2 aromatic rings. The number of anilines is 1. The molecule has 0 aliphatic carbocycles. The molecule has 1 aromatic heterocycles. The van der Waals surface area contributed by atoms with Gasteiger partial charge >= 0.3 is 0 Å². The second-order valence-electron chi connectivity index (χ2n) is 4.63. The molecule has 0 aliphatic heterocycles. The molecule has 92 valence electrons. The van der Waals surface area contributed by atoms with Crippen LogP contribution in [0, 0.1) is 0 Å². The van der Waals surface area contributed by atoms with E-state index >= 15 is 0 Å². The third-order valence-corrected chi connectivity index (χ3v) is 4.39. The number of thioether (sulfide) groups is 1. The molecule has 3 nitrogen and oxygen atoms in total. The summed E-state index contributed by atoms with van der Waals surface area (Å²) in [5.41, 5.74) is 7.75. The summed E-state index contributed by atoms with van der Waals surface area (Å²) in [5, 5.41) is 0.648. The third-order valence-electron chi connectivity index (χ3n) is 2.85. The second-order valence-corrected chi connectivity index (χ2v) is 6.55. The van der Waals surface area contributed by atoms with Crippen LogP contribution in [0.2, 0.25) is 5.02 Å². The molecule has 0 atom stereocenters. The van der Waals surface area contributed by atoms with Gasteiger partial charge in [0.25, 0.3) is 0 Å². The normalized spacial score (nSPS) is 12.2. The number of nitrogens with two attached hydrogens (primary N) is 1. The molecule has 0 saturated heterocycles. The van der Waals surface area contributed by atoms with Crippen molar-refractivity contribution in [2.45, 2.75) is 25.1 Å². The Labute approximate surface area is 110 Å². The summed E-state index contributed by atoms with van der Waals surface area (Å²) in [7, 11) is 0. The van der Waals surface area contributed by atoms with Gasteiger partial charge in [-0.15, -0.1) is 0 Å². The van der Waals surface area contributed by atoms with Crippen molar-refractivity contribution >= 4 is 40.3 Å². The first kappa shape index (κ1) is 12.6. The van der Waals surface area contributed by atoms with Crippen molar-refractivity contribution in [1.82, 2.24) is 9.55 Å². The minimum atomic E-state index is 0.115. The average molecular weight is 270 g/mol. The number of rotatable bonds is 3. The van der Waals surface area contributed by atoms with Gasteiger partial charge in [0.05, 0.1) is 10.5 Å². The van der Waals surface area contributed by atoms with E-state index in [0.717, 1.165) is 17.6 Å². The summed E-state index contributed by atoms with van der Waals surface area (Å²) < 4.78 is 2.14. The van der Waals surface area contributed by atoms with Crippen LogP contribution < -0.4 is 5.73 Å². The van der Waals surface area contributed by atoms with Crippen LogP contribution >= 0.6 is 23.4 Å². The fourth-order valence-electron chi connectivity index (χ4n) is 1.74. The average Bonchev–Trinajstić information content (AvgIpc) is 2.58. The molecule has 2 N–H and O–H groups in total. The maximum atomic E-state index is 6.11. The van der Waals surface area contributed by atoms with E-state index in [9.17, 15) is 0 Å². The van der Waals surface area contributed by atoms with Gasteiger partial charge < -0.3 is 10.3 Å². The van der Waals surface area contributed by atoms with Crippen LogP contribution in [0.25, 0.3) is 11.0 Å². The monoisotopic (exact) mass is 269 g/mol. The van der Waals surface area contributed by atoms with E-state index in [0.29, 0.717) is 11.0 Å². The third kappa shape index (κ3) is 2.38. The fraction of sp³-hybridized carbons (Fsp3) is 0.417. The number of benzene rings is 1. The fourth-order valence-corrected chi connectivity index (χ4v) is 2.21. The van der Waals surface area contributed by atoms with Gasteiger partial charge in [0.15, 0.2) is 0 Å². The first-order chi connectivity index (χ1) is 7.94. The number of aromatic nitrogens is 2. The summed E-state index contributed by atoms with van der Waals surface area (Å²) >= 11 is 7.92. The smallest absolute Gasteiger partial charge is 0.201 e. The zero-order chi connectivity index (χ0) is 12.6. The lowest BCUT2D eigenvalue weighted by molar-refractivity contribution is 0.585. The molecule has 2 rings (SSSR count). The molecule has 0 amide bonds. The second kappa shape index (κ2) is 4.42. The number of hydrogen-bond donors (Lipinski definition) is 1. The predicted octanol–water partition coefficient (Wildman–Crippen LogP) is 3.41. The molecule has 0 spiro atoms. The van der Waals surface area contributed by atoms with Crippen molar-refractivity contribution in [2.24, 2.45) is 0 Å². The van der Waals surface area contributed by atoms with Gasteiger partial charge in [0.2, 0.25) is 5.95 Å². The Kier molecular flexibility index (Phi) is 3.27. The SMILES string of the molecule is CSC(C)(C)Cn1c(N)nc2c(Cl)cccc21. The van der Waals surface area contributed by atoms with E-state index in [1.165, 1.54) is 0 Å². The summed E-state index contributed by atoms with van der Waals surface area (Å²) in [4.78, 5) is 4.33. The van der Waals surface area contributed by atoms with Gasteiger partial charge in [-0.1, -0.05) is 17.7 Å². The Hall–Kier alpha value is -0.870. The summed E-state index contributed by atoms with van der Waals surface area (Å²) in [6, 6.07) is 5.76. The lowest BCUT2D eigenvalue weighted by Gasteiger charge is -2.23. The predicted molar refractivity (Wildman–Crippen MR) is 76.7 cm³/mol. The summed E-state index contributed by atoms with van der Waals surface area (Å²) in [6.07, 6.45) is 2.10. The largest absolute Gasteiger partial charge is 0.369 e. The molecule has 0 bridgehead atoms. The van der Waals surface area contributed by atoms with Crippen LogP contribution in [0.5, 0.6) is 0 Å². The Morgan fingerprint density at radius 2 is 2.18 bits per heavy atom. The van der Waals surface area contributed by atoms with Crippen LogP contribution in [0.3, 0.4) is 0 Å². The van der Waals surface area contributed by atoms with E-state index in [1.54, 1.807) is 0 Å². The van der Waals surface area contributed by atoms with Crippen LogP contribution in [-0.2, 0) is 6.54 Å². The molecule has 5 heteroatoms. The molecule has 0 fully saturated rings. The zero-order valence-electron chi connectivity index (χ0n) is 10.2. The van der Waals surface area contributed by atoms with Crippen LogP contribution in [0.1, 0.15) is 13.8 Å². The molecular formula is C12H16ClN3S.